The molecule has 2 rings (SSSR count). The second kappa shape index (κ2) is 8.92. The maximum atomic E-state index is 3.44. The number of piperidine rings is 1. The van der Waals surface area contributed by atoms with E-state index in [1.807, 2.05) is 0 Å². The van der Waals surface area contributed by atoms with Gasteiger partial charge >= 0.3 is 0 Å². The van der Waals surface area contributed by atoms with Crippen molar-refractivity contribution in [2.45, 2.75) is 53.4 Å². The van der Waals surface area contributed by atoms with Gasteiger partial charge in [0.25, 0.3) is 0 Å². The molecule has 4 unspecified atom stereocenters. The van der Waals surface area contributed by atoms with Gasteiger partial charge in [-0.3, -0.25) is 0 Å². The summed E-state index contributed by atoms with van der Waals surface area (Å²) >= 11 is 0. The number of rotatable bonds is 3. The summed E-state index contributed by atoms with van der Waals surface area (Å²) in [5.41, 5.74) is 0. The first-order chi connectivity index (χ1) is 8.71. The molecule has 2 aliphatic rings. The van der Waals surface area contributed by atoms with Crippen molar-refractivity contribution in [2.75, 3.05) is 26.2 Å². The summed E-state index contributed by atoms with van der Waals surface area (Å²) in [5.74, 6) is 3.79. The van der Waals surface area contributed by atoms with Crippen LogP contribution in [0.1, 0.15) is 53.4 Å². The van der Waals surface area contributed by atoms with E-state index in [9.17, 15) is 0 Å². The molecule has 0 aromatic carbocycles. The number of hydrogen-bond acceptors (Lipinski definition) is 2. The van der Waals surface area contributed by atoms with Crippen LogP contribution in [-0.2, 0) is 0 Å². The van der Waals surface area contributed by atoms with Crippen molar-refractivity contribution in [1.82, 2.24) is 10.6 Å². The van der Waals surface area contributed by atoms with Crippen molar-refractivity contribution >= 4 is 0 Å². The second-order valence-electron chi connectivity index (χ2n) is 6.27. The van der Waals surface area contributed by atoms with Gasteiger partial charge in [-0.15, -0.1) is 0 Å². The molecular weight excluding hydrogens is 220 g/mol. The van der Waals surface area contributed by atoms with Gasteiger partial charge < -0.3 is 10.6 Å². The summed E-state index contributed by atoms with van der Waals surface area (Å²) in [5, 5.41) is 6.86. The van der Waals surface area contributed by atoms with Crippen molar-refractivity contribution in [3.8, 4) is 0 Å². The smallest absolute Gasteiger partial charge is 0.00174 e. The number of nitrogens with one attached hydrogen (secondary N) is 2. The standard InChI is InChI=1S/2C8H17N/c1-3-8-4-7(2)5-9-6-8;1-3-7-5-9-6-8(7)4-2/h2*7-9H,3-6H2,1-2H3. The third-order valence-electron chi connectivity index (χ3n) is 4.77. The predicted octanol–water partition coefficient (Wildman–Crippen LogP) is 3.28. The SMILES string of the molecule is CCC1CNCC(C)C1.CCC1CNCC1CC. The van der Waals surface area contributed by atoms with Crippen LogP contribution in [0.5, 0.6) is 0 Å². The van der Waals surface area contributed by atoms with E-state index in [4.69, 9.17) is 0 Å². The zero-order chi connectivity index (χ0) is 13.4. The molecule has 2 heterocycles. The molecule has 2 N–H and O–H groups in total. The summed E-state index contributed by atoms with van der Waals surface area (Å²) in [4.78, 5) is 0. The maximum absolute atomic E-state index is 3.44. The minimum Gasteiger partial charge on any atom is -0.316 e. The summed E-state index contributed by atoms with van der Waals surface area (Å²) in [6, 6.07) is 0. The fraction of sp³-hybridized carbons (Fsp3) is 1.00. The largest absolute Gasteiger partial charge is 0.316 e. The quantitative estimate of drug-likeness (QED) is 0.807. The minimum absolute atomic E-state index is 0.906. The van der Waals surface area contributed by atoms with Crippen LogP contribution in [0.15, 0.2) is 0 Å². The zero-order valence-corrected chi connectivity index (χ0v) is 13.0. The van der Waals surface area contributed by atoms with Gasteiger partial charge in [0.15, 0.2) is 0 Å². The Kier molecular flexibility index (Phi) is 7.92. The molecule has 2 fully saturated rings. The molecule has 2 heteroatoms. The first-order valence-electron chi connectivity index (χ1n) is 8.12. The van der Waals surface area contributed by atoms with Crippen molar-refractivity contribution in [3.63, 3.8) is 0 Å². The average molecular weight is 254 g/mol. The molecule has 0 spiro atoms. The van der Waals surface area contributed by atoms with Crippen LogP contribution < -0.4 is 10.6 Å². The summed E-state index contributed by atoms with van der Waals surface area (Å²) in [7, 11) is 0. The van der Waals surface area contributed by atoms with Crippen LogP contribution in [0.25, 0.3) is 0 Å². The monoisotopic (exact) mass is 254 g/mol. The van der Waals surface area contributed by atoms with Gasteiger partial charge in [0.2, 0.25) is 0 Å². The Morgan fingerprint density at radius 2 is 1.33 bits per heavy atom. The summed E-state index contributed by atoms with van der Waals surface area (Å²) < 4.78 is 0. The first-order valence-corrected chi connectivity index (χ1v) is 8.12. The molecule has 2 nitrogen and oxygen atoms in total. The second-order valence-corrected chi connectivity index (χ2v) is 6.27. The molecule has 0 aliphatic carbocycles. The molecule has 108 valence electrons. The normalized spacial score (nSPS) is 36.0. The van der Waals surface area contributed by atoms with Gasteiger partial charge in [0, 0.05) is 0 Å². The molecule has 18 heavy (non-hydrogen) atoms. The Morgan fingerprint density at radius 3 is 1.72 bits per heavy atom. The Labute approximate surface area is 114 Å². The van der Waals surface area contributed by atoms with Crippen LogP contribution in [-0.4, -0.2) is 26.2 Å². The third kappa shape index (κ3) is 5.27. The van der Waals surface area contributed by atoms with E-state index in [0.717, 1.165) is 23.7 Å². The molecule has 0 radical (unpaired) electrons. The highest BCUT2D eigenvalue weighted by atomic mass is 14.9. The summed E-state index contributed by atoms with van der Waals surface area (Å²) in [6.07, 6.45) is 5.48. The van der Waals surface area contributed by atoms with E-state index in [1.165, 1.54) is 51.9 Å². The molecule has 0 aromatic rings. The first kappa shape index (κ1) is 16.0. The van der Waals surface area contributed by atoms with Gasteiger partial charge in [-0.25, -0.2) is 0 Å². The van der Waals surface area contributed by atoms with Gasteiger partial charge in [-0.1, -0.05) is 47.0 Å². The molecule has 4 atom stereocenters. The van der Waals surface area contributed by atoms with Gasteiger partial charge in [-0.2, -0.15) is 0 Å². The lowest BCUT2D eigenvalue weighted by molar-refractivity contribution is 0.296. The lowest BCUT2D eigenvalue weighted by atomic mass is 9.90. The van der Waals surface area contributed by atoms with E-state index >= 15 is 0 Å². The van der Waals surface area contributed by atoms with Crippen molar-refractivity contribution < 1.29 is 0 Å². The van der Waals surface area contributed by atoms with E-state index in [-0.39, 0.29) is 0 Å². The lowest BCUT2D eigenvalue weighted by Crippen LogP contribution is -2.34. The predicted molar refractivity (Wildman–Crippen MR) is 80.9 cm³/mol. The van der Waals surface area contributed by atoms with E-state index in [0.29, 0.717) is 0 Å². The molecule has 2 aliphatic heterocycles. The highest BCUT2D eigenvalue weighted by Gasteiger charge is 2.22. The lowest BCUT2D eigenvalue weighted by Gasteiger charge is -2.26. The maximum Gasteiger partial charge on any atom is -0.00174 e. The van der Waals surface area contributed by atoms with E-state index in [2.05, 4.69) is 38.3 Å². The van der Waals surface area contributed by atoms with E-state index < -0.39 is 0 Å². The fourth-order valence-electron chi connectivity index (χ4n) is 3.32. The van der Waals surface area contributed by atoms with Crippen LogP contribution in [0.3, 0.4) is 0 Å². The Bertz CT molecular complexity index is 195. The van der Waals surface area contributed by atoms with Crippen molar-refractivity contribution in [3.05, 3.63) is 0 Å². The molecule has 0 bridgehead atoms. The summed E-state index contributed by atoms with van der Waals surface area (Å²) in [6.45, 7) is 14.2. The van der Waals surface area contributed by atoms with Gasteiger partial charge in [0.05, 0.1) is 0 Å². The topological polar surface area (TPSA) is 24.1 Å². The molecular formula is C16H34N2. The van der Waals surface area contributed by atoms with Crippen LogP contribution in [0.2, 0.25) is 0 Å². The van der Waals surface area contributed by atoms with E-state index in [1.54, 1.807) is 0 Å². The molecule has 0 saturated carbocycles. The zero-order valence-electron chi connectivity index (χ0n) is 13.0. The van der Waals surface area contributed by atoms with Crippen molar-refractivity contribution in [1.29, 1.82) is 0 Å². The average Bonchev–Trinajstić information content (AvgIpc) is 2.86. The highest BCUT2D eigenvalue weighted by Crippen LogP contribution is 2.22. The number of hydrogen-bond donors (Lipinski definition) is 2. The molecule has 0 amide bonds. The van der Waals surface area contributed by atoms with Crippen LogP contribution in [0.4, 0.5) is 0 Å². The van der Waals surface area contributed by atoms with Crippen molar-refractivity contribution in [2.24, 2.45) is 23.7 Å². The Morgan fingerprint density at radius 1 is 0.778 bits per heavy atom. The van der Waals surface area contributed by atoms with Gasteiger partial charge in [-0.05, 0) is 56.3 Å². The highest BCUT2D eigenvalue weighted by molar-refractivity contribution is 4.78. The molecule has 0 aromatic heterocycles. The van der Waals surface area contributed by atoms with Crippen LogP contribution in [0, 0.1) is 23.7 Å². The Balaban J connectivity index is 0.000000180. The third-order valence-corrected chi connectivity index (χ3v) is 4.77. The minimum atomic E-state index is 0.906. The van der Waals surface area contributed by atoms with Gasteiger partial charge in [0.1, 0.15) is 0 Å². The molecule has 2 saturated heterocycles. The fourth-order valence-corrected chi connectivity index (χ4v) is 3.32. The Hall–Kier alpha value is -0.0800. The van der Waals surface area contributed by atoms with Crippen LogP contribution >= 0.6 is 0 Å².